The molecule has 1 aromatic heterocycles. The van der Waals surface area contributed by atoms with Gasteiger partial charge in [-0.3, -0.25) is 0 Å². The van der Waals surface area contributed by atoms with E-state index >= 15 is 0 Å². The van der Waals surface area contributed by atoms with Gasteiger partial charge in [-0.15, -0.1) is 0 Å². The molecule has 0 aromatic carbocycles. The summed E-state index contributed by atoms with van der Waals surface area (Å²) in [5, 5.41) is 0. The molecule has 3 aliphatic rings. The largest absolute Gasteiger partial charge is 0.360 e. The molecule has 0 aliphatic carbocycles. The molecule has 3 nitrogen and oxygen atoms in total. The minimum atomic E-state index is 0.847. The van der Waals surface area contributed by atoms with Crippen molar-refractivity contribution in [2.24, 2.45) is 10.9 Å². The number of hydrogen-bond donors (Lipinski definition) is 0. The van der Waals surface area contributed by atoms with Crippen LogP contribution in [-0.2, 0) is 0 Å². The van der Waals surface area contributed by atoms with Crippen LogP contribution in [0, 0.1) is 5.92 Å². The third-order valence-corrected chi connectivity index (χ3v) is 3.34. The number of nitrogens with zero attached hydrogens (tertiary/aromatic N) is 3. The first-order valence-electron chi connectivity index (χ1n) is 5.65. The van der Waals surface area contributed by atoms with Crippen LogP contribution in [0.5, 0.6) is 0 Å². The van der Waals surface area contributed by atoms with Crippen molar-refractivity contribution in [1.82, 2.24) is 9.88 Å². The second-order valence-corrected chi connectivity index (χ2v) is 4.35. The standard InChI is InChI=1S/C12H15N3/c1-2-6-13-11(3-1)14-12-9-10-4-7-15(12)8-5-10/h1-3,6,10H,4-5,7-9H2/b14-12+. The van der Waals surface area contributed by atoms with Crippen molar-refractivity contribution in [2.75, 3.05) is 13.1 Å². The minimum Gasteiger partial charge on any atom is -0.360 e. The number of aromatic nitrogens is 1. The van der Waals surface area contributed by atoms with E-state index in [1.165, 1.54) is 31.8 Å². The summed E-state index contributed by atoms with van der Waals surface area (Å²) in [5.74, 6) is 2.97. The Labute approximate surface area is 89.8 Å². The fourth-order valence-electron chi connectivity index (χ4n) is 2.45. The van der Waals surface area contributed by atoms with Gasteiger partial charge in [0, 0.05) is 25.7 Å². The Morgan fingerprint density at radius 2 is 2.13 bits per heavy atom. The van der Waals surface area contributed by atoms with Crippen LogP contribution in [-0.4, -0.2) is 28.8 Å². The van der Waals surface area contributed by atoms with E-state index in [-0.39, 0.29) is 0 Å². The zero-order valence-corrected chi connectivity index (χ0v) is 8.76. The van der Waals surface area contributed by atoms with Gasteiger partial charge in [0.2, 0.25) is 0 Å². The van der Waals surface area contributed by atoms with Gasteiger partial charge < -0.3 is 4.90 Å². The van der Waals surface area contributed by atoms with Crippen LogP contribution in [0.3, 0.4) is 0 Å². The van der Waals surface area contributed by atoms with Gasteiger partial charge in [0.1, 0.15) is 5.84 Å². The van der Waals surface area contributed by atoms with Crippen molar-refractivity contribution in [3.8, 4) is 0 Å². The quantitative estimate of drug-likeness (QED) is 0.697. The van der Waals surface area contributed by atoms with Gasteiger partial charge in [-0.05, 0) is 30.9 Å². The molecule has 2 bridgehead atoms. The van der Waals surface area contributed by atoms with Gasteiger partial charge in [0.05, 0.1) is 0 Å². The normalized spacial score (nSPS) is 23.7. The predicted molar refractivity (Wildman–Crippen MR) is 60.2 cm³/mol. The Kier molecular flexibility index (Phi) is 2.16. The molecule has 3 fully saturated rings. The summed E-state index contributed by atoms with van der Waals surface area (Å²) in [6, 6.07) is 5.89. The average Bonchev–Trinajstić information content (AvgIpc) is 2.32. The number of rotatable bonds is 1. The lowest BCUT2D eigenvalue weighted by atomic mass is 9.87. The Bertz CT molecular complexity index is 364. The fraction of sp³-hybridized carbons (Fsp3) is 0.500. The van der Waals surface area contributed by atoms with Crippen LogP contribution in [0.25, 0.3) is 0 Å². The molecule has 4 rings (SSSR count). The van der Waals surface area contributed by atoms with Crippen molar-refractivity contribution in [1.29, 1.82) is 0 Å². The Balaban J connectivity index is 1.85. The van der Waals surface area contributed by atoms with Crippen molar-refractivity contribution in [3.63, 3.8) is 0 Å². The minimum absolute atomic E-state index is 0.847. The van der Waals surface area contributed by atoms with Crippen LogP contribution in [0.2, 0.25) is 0 Å². The van der Waals surface area contributed by atoms with E-state index in [0.29, 0.717) is 0 Å². The Hall–Kier alpha value is -1.38. The van der Waals surface area contributed by atoms with E-state index in [1.54, 1.807) is 6.20 Å². The number of aliphatic imine (C=N–C) groups is 1. The summed E-state index contributed by atoms with van der Waals surface area (Å²) in [5.41, 5.74) is 0. The summed E-state index contributed by atoms with van der Waals surface area (Å²) in [6.07, 6.45) is 5.65. The Morgan fingerprint density at radius 1 is 1.27 bits per heavy atom. The molecular formula is C12H15N3. The van der Waals surface area contributed by atoms with Crippen molar-refractivity contribution in [3.05, 3.63) is 24.4 Å². The number of amidine groups is 1. The summed E-state index contributed by atoms with van der Waals surface area (Å²) in [7, 11) is 0. The summed E-state index contributed by atoms with van der Waals surface area (Å²) in [6.45, 7) is 2.38. The van der Waals surface area contributed by atoms with Gasteiger partial charge in [-0.25, -0.2) is 9.98 Å². The highest BCUT2D eigenvalue weighted by Gasteiger charge is 2.29. The number of piperidine rings is 3. The maximum Gasteiger partial charge on any atom is 0.153 e. The van der Waals surface area contributed by atoms with Gasteiger partial charge >= 0.3 is 0 Å². The van der Waals surface area contributed by atoms with Crippen LogP contribution in [0.1, 0.15) is 19.3 Å². The van der Waals surface area contributed by atoms with Gasteiger partial charge in [0.25, 0.3) is 0 Å². The summed E-state index contributed by atoms with van der Waals surface area (Å²) < 4.78 is 0. The molecule has 0 unspecified atom stereocenters. The summed E-state index contributed by atoms with van der Waals surface area (Å²) >= 11 is 0. The van der Waals surface area contributed by atoms with E-state index in [9.17, 15) is 0 Å². The molecule has 0 spiro atoms. The number of hydrogen-bond acceptors (Lipinski definition) is 2. The highest BCUT2D eigenvalue weighted by Crippen LogP contribution is 2.29. The molecule has 1 aromatic rings. The van der Waals surface area contributed by atoms with Crippen LogP contribution in [0.4, 0.5) is 5.82 Å². The molecule has 3 saturated heterocycles. The van der Waals surface area contributed by atoms with Crippen molar-refractivity contribution in [2.45, 2.75) is 19.3 Å². The molecule has 3 heteroatoms. The van der Waals surface area contributed by atoms with E-state index in [0.717, 1.165) is 18.2 Å². The molecule has 0 amide bonds. The van der Waals surface area contributed by atoms with Crippen LogP contribution < -0.4 is 0 Å². The summed E-state index contributed by atoms with van der Waals surface area (Å²) in [4.78, 5) is 11.3. The van der Waals surface area contributed by atoms with E-state index in [4.69, 9.17) is 0 Å². The van der Waals surface area contributed by atoms with Crippen molar-refractivity contribution >= 4 is 11.7 Å². The fourth-order valence-corrected chi connectivity index (χ4v) is 2.45. The lowest BCUT2D eigenvalue weighted by molar-refractivity contribution is 0.223. The first-order chi connectivity index (χ1) is 7.42. The van der Waals surface area contributed by atoms with Gasteiger partial charge in [-0.2, -0.15) is 0 Å². The highest BCUT2D eigenvalue weighted by atomic mass is 15.2. The lowest BCUT2D eigenvalue weighted by Crippen LogP contribution is -2.45. The zero-order valence-electron chi connectivity index (χ0n) is 8.76. The molecule has 0 atom stereocenters. The molecule has 3 aliphatic heterocycles. The molecule has 78 valence electrons. The van der Waals surface area contributed by atoms with E-state index < -0.39 is 0 Å². The van der Waals surface area contributed by atoms with Gasteiger partial charge in [-0.1, -0.05) is 6.07 Å². The van der Waals surface area contributed by atoms with Crippen LogP contribution in [0.15, 0.2) is 29.4 Å². The third-order valence-electron chi connectivity index (χ3n) is 3.34. The maximum atomic E-state index is 4.63. The smallest absolute Gasteiger partial charge is 0.153 e. The molecule has 15 heavy (non-hydrogen) atoms. The Morgan fingerprint density at radius 3 is 2.73 bits per heavy atom. The van der Waals surface area contributed by atoms with Gasteiger partial charge in [0.15, 0.2) is 5.82 Å². The van der Waals surface area contributed by atoms with E-state index in [1.807, 2.05) is 18.2 Å². The zero-order chi connectivity index (χ0) is 10.1. The first kappa shape index (κ1) is 8.89. The topological polar surface area (TPSA) is 28.5 Å². The molecular weight excluding hydrogens is 186 g/mol. The lowest BCUT2D eigenvalue weighted by Gasteiger charge is -2.41. The molecule has 0 radical (unpaired) electrons. The van der Waals surface area contributed by atoms with E-state index in [2.05, 4.69) is 14.9 Å². The highest BCUT2D eigenvalue weighted by molar-refractivity contribution is 5.86. The van der Waals surface area contributed by atoms with Crippen LogP contribution >= 0.6 is 0 Å². The first-order valence-corrected chi connectivity index (χ1v) is 5.65. The number of pyridine rings is 1. The maximum absolute atomic E-state index is 4.63. The molecule has 0 N–H and O–H groups in total. The SMILES string of the molecule is c1ccc(/N=C2\CC3CCN2CC3)nc1. The average molecular weight is 201 g/mol. The monoisotopic (exact) mass is 201 g/mol. The second-order valence-electron chi connectivity index (χ2n) is 4.35. The predicted octanol–water partition coefficient (Wildman–Crippen LogP) is 2.23. The molecule has 0 saturated carbocycles. The second kappa shape index (κ2) is 3.65. The number of fused-ring (bicyclic) bond motifs is 3. The third kappa shape index (κ3) is 1.74. The van der Waals surface area contributed by atoms with Crippen molar-refractivity contribution < 1.29 is 0 Å². The molecule has 4 heterocycles.